The van der Waals surface area contributed by atoms with E-state index in [0.29, 0.717) is 105 Å². The molecule has 0 heterocycles. The largest absolute Gasteiger partial charge is 0.481 e. The molecule has 105 heavy (non-hydrogen) atoms. The van der Waals surface area contributed by atoms with Gasteiger partial charge in [-0.15, -0.1) is 0 Å². The van der Waals surface area contributed by atoms with Gasteiger partial charge in [-0.1, -0.05) is 107 Å². The Balaban J connectivity index is -0.000000400. The molecule has 0 amide bonds. The van der Waals surface area contributed by atoms with E-state index in [-0.39, 0.29) is 122 Å². The molecule has 30 heteroatoms. The van der Waals surface area contributed by atoms with Crippen LogP contribution in [0.2, 0.25) is 0 Å². The summed E-state index contributed by atoms with van der Waals surface area (Å²) in [5.41, 5.74) is 3.64. The number of hydrogen-bond donors (Lipinski definition) is 6. The number of carboxylic acid groups (broad SMARTS) is 2. The molecule has 29 nitrogen and oxygen atoms in total. The van der Waals surface area contributed by atoms with Crippen LogP contribution >= 0.6 is 15.9 Å². The predicted octanol–water partition coefficient (Wildman–Crippen LogP) is 5.16. The first kappa shape index (κ1) is 107. The van der Waals surface area contributed by atoms with Crippen molar-refractivity contribution in [2.24, 2.45) is 0 Å². The fraction of sp³-hybridized carbons (Fsp3) is 0.707. The molecule has 8 N–H and O–H groups in total. The molecule has 0 fully saturated rings. The maximum absolute atomic E-state index is 11.0. The van der Waals surface area contributed by atoms with Crippen LogP contribution in [0.25, 0.3) is 0 Å². The highest BCUT2D eigenvalue weighted by Crippen LogP contribution is 2.07. The first-order valence-corrected chi connectivity index (χ1v) is 36.6. The number of aliphatic hydroxyl groups is 4. The Morgan fingerprint density at radius 3 is 0.981 bits per heavy atom. The van der Waals surface area contributed by atoms with Gasteiger partial charge in [0.1, 0.15) is 0 Å². The molecule has 614 valence electrons. The van der Waals surface area contributed by atoms with Crippen LogP contribution in [-0.2, 0) is 101 Å². The molecule has 3 aromatic carbocycles. The molecule has 0 bridgehead atoms. The van der Waals surface area contributed by atoms with Crippen LogP contribution in [0, 0.1) is 0 Å². The summed E-state index contributed by atoms with van der Waals surface area (Å²) in [6.07, 6.45) is 3.56. The topological polar surface area (TPSA) is 357 Å². The lowest BCUT2D eigenvalue weighted by Crippen LogP contribution is -2.33. The minimum atomic E-state index is -0.912. The summed E-state index contributed by atoms with van der Waals surface area (Å²) in [6, 6.07) is 30.7. The summed E-state index contributed by atoms with van der Waals surface area (Å²) in [5.74, 6) is -2.43. The van der Waals surface area contributed by atoms with E-state index in [1.807, 2.05) is 131 Å². The molecule has 5 atom stereocenters. The number of halogens is 1. The highest BCUT2D eigenvalue weighted by molar-refractivity contribution is 9.09. The third-order valence-electron chi connectivity index (χ3n) is 13.2. The number of esters is 2. The quantitative estimate of drug-likeness (QED) is 0.0241. The molecule has 0 aliphatic heterocycles. The van der Waals surface area contributed by atoms with Gasteiger partial charge in [-0.25, -0.2) is 0 Å². The van der Waals surface area contributed by atoms with Crippen molar-refractivity contribution in [2.75, 3.05) is 242 Å². The minimum absolute atomic E-state index is 0. The van der Waals surface area contributed by atoms with E-state index >= 15 is 0 Å². The van der Waals surface area contributed by atoms with Gasteiger partial charge in [0.25, 0.3) is 0 Å². The average molecular weight is 1570 g/mol. The first-order valence-electron chi connectivity index (χ1n) is 35.4. The average Bonchev–Trinajstić information content (AvgIpc) is 1.36. The standard InChI is InChI=1S/C25H37NO4.C13H25NO6.C11H21NO6.C11H25NO4.C10H13BrO.C5H13NO2.H2O.H2/c1-26(2)19-25(30-18-10-17-28-21-24-13-7-4-8-14-24)22-29-16-9-15-27-20-23-11-5-3-6-12-23;1-14(2)9-11(20-8-6-13(16)18-4)10-19-7-5-12(15)17-3;1-12(2)7-9(18-6-4-11(15)16)8-17-5-3-10(13)14;1-12(2)9-11(16-8-4-6-14)10-15-7-3-5-13;11-7-4-8-12-9-10-5-2-1-3-6-10;1-6(2)3-5(8)4-7;;/h3-8,11-14,25H,9-10,15-22H2,1-2H3;11H,5-10H2,1-4H3;9H,3-8H2,1-2H3,(H,13,14)(H,15,16);11,13-14H,3-10H2,1-2H3;1-3,5-6H,4,7-9H2;5,7-8H,3-4H2,1-2H3;1H2;1H. The van der Waals surface area contributed by atoms with Crippen molar-refractivity contribution in [2.45, 2.75) is 108 Å². The number of hydrogen-bond acceptors (Lipinski definition) is 26. The Kier molecular flexibility index (Phi) is 79.9. The Labute approximate surface area is 637 Å². The lowest BCUT2D eigenvalue weighted by molar-refractivity contribution is -0.144. The Morgan fingerprint density at radius 1 is 0.381 bits per heavy atom. The van der Waals surface area contributed by atoms with Gasteiger partial charge in [-0.05, 0) is 119 Å². The number of alkyl halides is 1. The Hall–Kier alpha value is -4.82. The zero-order valence-corrected chi connectivity index (χ0v) is 66.8. The smallest absolute Gasteiger partial charge is 0.307 e. The van der Waals surface area contributed by atoms with Gasteiger partial charge >= 0.3 is 23.9 Å². The maximum Gasteiger partial charge on any atom is 0.307 e. The second kappa shape index (κ2) is 78.8. The number of benzene rings is 3. The number of nitrogens with zero attached hydrogens (tertiary/aromatic N) is 5. The van der Waals surface area contributed by atoms with E-state index in [2.05, 4.69) is 80.8 Å². The monoisotopic (exact) mass is 1570 g/mol. The van der Waals surface area contributed by atoms with Gasteiger partial charge in [0.15, 0.2) is 0 Å². The normalized spacial score (nSPS) is 12.3. The molecule has 0 aliphatic carbocycles. The number of rotatable bonds is 58. The molecule has 0 aliphatic rings. The van der Waals surface area contributed by atoms with Crippen molar-refractivity contribution in [1.82, 2.24) is 24.5 Å². The molecule has 3 rings (SSSR count). The molecule has 5 unspecified atom stereocenters. The molecule has 0 aromatic heterocycles. The third-order valence-corrected chi connectivity index (χ3v) is 13.8. The van der Waals surface area contributed by atoms with Crippen LogP contribution in [-0.4, -0.2) is 357 Å². The Morgan fingerprint density at radius 2 is 0.657 bits per heavy atom. The summed E-state index contributed by atoms with van der Waals surface area (Å²) in [5, 5.41) is 52.3. The maximum atomic E-state index is 11.0. The molecule has 0 radical (unpaired) electrons. The number of ether oxygens (including phenoxy) is 13. The van der Waals surface area contributed by atoms with Crippen molar-refractivity contribution >= 4 is 39.8 Å². The summed E-state index contributed by atoms with van der Waals surface area (Å²) >= 11 is 3.36. The van der Waals surface area contributed by atoms with Gasteiger partial charge in [0, 0.05) is 98.9 Å². The lowest BCUT2D eigenvalue weighted by atomic mass is 10.2. The van der Waals surface area contributed by atoms with Crippen LogP contribution in [0.5, 0.6) is 0 Å². The van der Waals surface area contributed by atoms with Crippen LogP contribution in [0.3, 0.4) is 0 Å². The van der Waals surface area contributed by atoms with E-state index in [1.165, 1.54) is 30.9 Å². The van der Waals surface area contributed by atoms with Gasteiger partial charge < -0.3 is 122 Å². The number of aliphatic hydroxyl groups excluding tert-OH is 4. The molecule has 0 saturated heterocycles. The molecular weight excluding hydrogens is 1430 g/mol. The highest BCUT2D eigenvalue weighted by Gasteiger charge is 2.16. The van der Waals surface area contributed by atoms with Crippen molar-refractivity contribution < 1.29 is 118 Å². The summed E-state index contributed by atoms with van der Waals surface area (Å²) in [4.78, 5) is 52.4. The summed E-state index contributed by atoms with van der Waals surface area (Å²) in [7, 11) is 22.0. The van der Waals surface area contributed by atoms with Crippen molar-refractivity contribution in [3.63, 3.8) is 0 Å². The van der Waals surface area contributed by atoms with Gasteiger partial charge in [-0.3, -0.25) is 19.2 Å². The predicted molar refractivity (Wildman–Crippen MR) is 411 cm³/mol. The molecule has 0 spiro atoms. The number of aliphatic carboxylic acids is 2. The zero-order valence-electron chi connectivity index (χ0n) is 65.2. The first-order chi connectivity index (χ1) is 49.9. The third kappa shape index (κ3) is 81.5. The zero-order chi connectivity index (χ0) is 78.1. The fourth-order valence-electron chi connectivity index (χ4n) is 8.33. The summed E-state index contributed by atoms with van der Waals surface area (Å²) < 4.78 is 70.2. The second-order valence-corrected chi connectivity index (χ2v) is 25.7. The number of methoxy groups -OCH3 is 2. The lowest BCUT2D eigenvalue weighted by Gasteiger charge is -2.21. The number of carboxylic acids is 2. The highest BCUT2D eigenvalue weighted by atomic mass is 79.9. The number of likely N-dealkylation sites (N-methyl/N-ethyl adjacent to an activating group) is 5. The van der Waals surface area contributed by atoms with Crippen molar-refractivity contribution in [3.05, 3.63) is 108 Å². The van der Waals surface area contributed by atoms with E-state index in [4.69, 9.17) is 82.7 Å². The number of carbonyl (C=O) groups is 4. The van der Waals surface area contributed by atoms with E-state index in [9.17, 15) is 19.2 Å². The SMILES string of the molecule is BrCCCOCc1ccccc1.CN(C)CC(COCCC(=O)O)OCCC(=O)O.CN(C)CC(COCCCO)OCCCO.CN(C)CC(COCCCOCc1ccccc1)OCCCOCc1ccccc1.CN(C)CC(O)CO.COC(=O)CCOCC(CN(C)C)OCCC(=O)OC.O.[HH]. The van der Waals surface area contributed by atoms with Gasteiger partial charge in [-0.2, -0.15) is 0 Å². The fourth-order valence-corrected chi connectivity index (χ4v) is 8.56. The van der Waals surface area contributed by atoms with Crippen LogP contribution in [0.15, 0.2) is 91.0 Å². The van der Waals surface area contributed by atoms with Crippen molar-refractivity contribution in [1.29, 1.82) is 0 Å². The van der Waals surface area contributed by atoms with E-state index in [0.717, 1.165) is 50.9 Å². The van der Waals surface area contributed by atoms with Crippen molar-refractivity contribution in [3.8, 4) is 0 Å². The van der Waals surface area contributed by atoms with Crippen LogP contribution in [0.1, 0.15) is 75.9 Å². The molecular formula is C75H138BrN5O24. The van der Waals surface area contributed by atoms with Gasteiger partial charge in [0.2, 0.25) is 0 Å². The molecule has 3 aromatic rings. The second-order valence-electron chi connectivity index (χ2n) is 24.9. The molecule has 0 saturated carbocycles. The van der Waals surface area contributed by atoms with Crippen LogP contribution < -0.4 is 0 Å². The summed E-state index contributed by atoms with van der Waals surface area (Å²) in [6.45, 7) is 12.9. The van der Waals surface area contributed by atoms with Crippen LogP contribution in [0.4, 0.5) is 0 Å². The Bertz CT molecular complexity index is 2340. The van der Waals surface area contributed by atoms with E-state index in [1.54, 1.807) is 0 Å². The van der Waals surface area contributed by atoms with E-state index < -0.39 is 18.0 Å². The van der Waals surface area contributed by atoms with Gasteiger partial charge in [0.05, 0.1) is 150 Å². The minimum Gasteiger partial charge on any atom is -0.481 e. The number of carbonyl (C=O) groups excluding carboxylic acids is 2.